The summed E-state index contributed by atoms with van der Waals surface area (Å²) < 4.78 is 25.3. The number of benzene rings is 2. The van der Waals surface area contributed by atoms with E-state index in [0.717, 1.165) is 62.5 Å². The first-order valence-corrected chi connectivity index (χ1v) is 25.3. The number of aliphatic hydroxyl groups excluding tert-OH is 3. The van der Waals surface area contributed by atoms with Crippen molar-refractivity contribution in [2.45, 2.75) is 139 Å². The Hall–Kier alpha value is -4.51. The Bertz CT molecular complexity index is 2210. The monoisotopic (exact) mass is 943 g/mol. The number of aryl methyl sites for hydroxylation is 1. The largest absolute Gasteiger partial charge is 0.504 e. The van der Waals surface area contributed by atoms with E-state index in [4.69, 9.17) is 24.7 Å². The van der Waals surface area contributed by atoms with Gasteiger partial charge in [0.2, 0.25) is 5.75 Å². The van der Waals surface area contributed by atoms with Gasteiger partial charge >= 0.3 is 5.97 Å². The molecule has 3 heterocycles. The minimum absolute atomic E-state index is 0.0241. The van der Waals surface area contributed by atoms with Crippen LogP contribution >= 0.6 is 0 Å². The first-order valence-electron chi connectivity index (χ1n) is 25.3. The molecule has 2 spiro atoms. The number of aliphatic hydroxyl groups is 3. The van der Waals surface area contributed by atoms with Gasteiger partial charge in [0.25, 0.3) is 0 Å². The maximum Gasteiger partial charge on any atom is 0.311 e. The van der Waals surface area contributed by atoms with Gasteiger partial charge in [0.1, 0.15) is 13.3 Å². The van der Waals surface area contributed by atoms with Crippen LogP contribution in [0.15, 0.2) is 66.0 Å². The number of hydrogen-bond donors (Lipinski definition) is 10. The SMILES string of the molecule is COc1cc(C2OC(CCc3ccc(O)c(OCNC4CCC5CCCC5C4O)c3)CC(O)C2CCO)cc(OCC2NC(C)CC3(CCCC3)C23C(C(=O)O)C=CC3C2=CCNC(N)=C2)c1O. The number of allylic oxidation sites excluding steroid dienone is 3. The number of phenolic OH excluding ortho intramolecular Hbond substituents is 2. The van der Waals surface area contributed by atoms with Crippen molar-refractivity contribution >= 4 is 5.97 Å². The number of hydrogen-bond acceptors (Lipinski definition) is 14. The molecule has 9 rings (SSSR count). The van der Waals surface area contributed by atoms with Gasteiger partial charge < -0.3 is 66.0 Å². The second-order valence-corrected chi connectivity index (χ2v) is 21.0. The average Bonchev–Trinajstić information content (AvgIpc) is 4.10. The summed E-state index contributed by atoms with van der Waals surface area (Å²) in [6.45, 7) is 2.74. The van der Waals surface area contributed by atoms with Gasteiger partial charge in [-0.05, 0) is 135 Å². The van der Waals surface area contributed by atoms with E-state index in [9.17, 15) is 35.4 Å². The molecular formula is C53H74N4O11. The fraction of sp³-hybridized carbons (Fsp3) is 0.642. The van der Waals surface area contributed by atoms with Gasteiger partial charge in [0.05, 0.1) is 43.3 Å². The third-order valence-electron chi connectivity index (χ3n) is 17.3. The quantitative estimate of drug-likeness (QED) is 0.0720. The Labute approximate surface area is 400 Å². The number of nitrogens with one attached hydrogen (secondary N) is 3. The molecule has 0 bridgehead atoms. The maximum absolute atomic E-state index is 13.5. The summed E-state index contributed by atoms with van der Waals surface area (Å²) in [5.41, 5.74) is 7.73. The number of carboxylic acid groups (broad SMARTS) is 1. The molecule has 0 aromatic heterocycles. The molecule has 2 aromatic carbocycles. The lowest BCUT2D eigenvalue weighted by molar-refractivity contribution is -0.160. The van der Waals surface area contributed by atoms with Crippen LogP contribution in [0.5, 0.6) is 28.7 Å². The number of aliphatic carboxylic acids is 1. The van der Waals surface area contributed by atoms with Crippen molar-refractivity contribution in [3.8, 4) is 28.7 Å². The molecule has 3 aliphatic heterocycles. The Balaban J connectivity index is 0.933. The summed E-state index contributed by atoms with van der Waals surface area (Å²) in [4.78, 5) is 13.5. The van der Waals surface area contributed by atoms with Gasteiger partial charge in [-0.15, -0.1) is 0 Å². The number of rotatable bonds is 16. The predicted molar refractivity (Wildman–Crippen MR) is 255 cm³/mol. The molecule has 4 aliphatic carbocycles. The van der Waals surface area contributed by atoms with Crippen LogP contribution in [-0.2, 0) is 16.0 Å². The normalized spacial score (nSPS) is 35.1. The van der Waals surface area contributed by atoms with Gasteiger partial charge in [-0.25, -0.2) is 0 Å². The van der Waals surface area contributed by atoms with Crippen molar-refractivity contribution in [2.24, 2.45) is 46.2 Å². The molecule has 2 aromatic rings. The maximum atomic E-state index is 13.5. The molecular weight excluding hydrogens is 869 g/mol. The molecule has 0 radical (unpaired) electrons. The molecule has 0 amide bonds. The van der Waals surface area contributed by atoms with E-state index >= 15 is 0 Å². The molecule has 13 unspecified atom stereocenters. The second kappa shape index (κ2) is 20.4. The molecule has 5 fully saturated rings. The van der Waals surface area contributed by atoms with Crippen LogP contribution in [0.2, 0.25) is 0 Å². The average molecular weight is 943 g/mol. The molecule has 372 valence electrons. The fourth-order valence-corrected chi connectivity index (χ4v) is 14.4. The second-order valence-electron chi connectivity index (χ2n) is 21.0. The first-order chi connectivity index (χ1) is 32.8. The lowest BCUT2D eigenvalue weighted by atomic mass is 9.46. The highest BCUT2D eigenvalue weighted by Crippen LogP contribution is 2.68. The minimum atomic E-state index is -0.878. The number of dihydropyridines is 1. The molecule has 2 saturated heterocycles. The van der Waals surface area contributed by atoms with E-state index in [2.05, 4.69) is 35.0 Å². The van der Waals surface area contributed by atoms with Crippen molar-refractivity contribution < 1.29 is 54.4 Å². The number of ether oxygens (including phenoxy) is 4. The van der Waals surface area contributed by atoms with E-state index in [1.54, 1.807) is 18.2 Å². The number of methoxy groups -OCH3 is 1. The fourth-order valence-electron chi connectivity index (χ4n) is 14.4. The molecule has 15 nitrogen and oxygen atoms in total. The number of carboxylic acids is 1. The third kappa shape index (κ3) is 9.19. The van der Waals surface area contributed by atoms with E-state index in [0.29, 0.717) is 54.8 Å². The van der Waals surface area contributed by atoms with Crippen molar-refractivity contribution in [1.29, 1.82) is 0 Å². The lowest BCUT2D eigenvalue weighted by Crippen LogP contribution is -2.69. The summed E-state index contributed by atoms with van der Waals surface area (Å²) >= 11 is 0. The highest BCUT2D eigenvalue weighted by molar-refractivity contribution is 5.75. The van der Waals surface area contributed by atoms with E-state index in [1.165, 1.54) is 20.0 Å². The Morgan fingerprint density at radius 2 is 1.79 bits per heavy atom. The number of fused-ring (bicyclic) bond motifs is 2. The van der Waals surface area contributed by atoms with E-state index in [1.807, 2.05) is 24.3 Å². The van der Waals surface area contributed by atoms with Crippen molar-refractivity contribution in [2.75, 3.05) is 33.6 Å². The third-order valence-corrected chi connectivity index (χ3v) is 17.3. The van der Waals surface area contributed by atoms with Crippen molar-refractivity contribution in [3.63, 3.8) is 0 Å². The van der Waals surface area contributed by atoms with Crippen LogP contribution in [0.1, 0.15) is 108 Å². The van der Waals surface area contributed by atoms with E-state index in [-0.39, 0.29) is 78.9 Å². The van der Waals surface area contributed by atoms with Crippen LogP contribution < -0.4 is 35.9 Å². The Kier molecular flexibility index (Phi) is 14.6. The van der Waals surface area contributed by atoms with Gasteiger partial charge in [-0.1, -0.05) is 50.0 Å². The van der Waals surface area contributed by atoms with Crippen LogP contribution in [0, 0.1) is 40.4 Å². The lowest BCUT2D eigenvalue weighted by Gasteiger charge is -2.61. The smallest absolute Gasteiger partial charge is 0.311 e. The van der Waals surface area contributed by atoms with Gasteiger partial charge in [-0.2, -0.15) is 0 Å². The number of carbonyl (C=O) groups is 1. The van der Waals surface area contributed by atoms with Crippen molar-refractivity contribution in [1.82, 2.24) is 16.0 Å². The minimum Gasteiger partial charge on any atom is -0.504 e. The Morgan fingerprint density at radius 3 is 2.56 bits per heavy atom. The summed E-state index contributed by atoms with van der Waals surface area (Å²) in [6.07, 6.45) is 17.5. The number of piperidine rings is 1. The van der Waals surface area contributed by atoms with Gasteiger partial charge in [-0.3, -0.25) is 10.1 Å². The van der Waals surface area contributed by atoms with Gasteiger partial charge in [0, 0.05) is 48.5 Å². The summed E-state index contributed by atoms with van der Waals surface area (Å²) in [6, 6.07) is 8.28. The summed E-state index contributed by atoms with van der Waals surface area (Å²) in [7, 11) is 1.46. The molecule has 3 saturated carbocycles. The zero-order valence-electron chi connectivity index (χ0n) is 39.7. The van der Waals surface area contributed by atoms with E-state index < -0.39 is 47.6 Å². The van der Waals surface area contributed by atoms with Crippen molar-refractivity contribution in [3.05, 3.63) is 77.2 Å². The number of aromatic hydroxyl groups is 2. The zero-order valence-corrected chi connectivity index (χ0v) is 39.7. The van der Waals surface area contributed by atoms with Crippen LogP contribution in [-0.4, -0.2) is 107 Å². The molecule has 7 aliphatic rings. The highest BCUT2D eigenvalue weighted by atomic mass is 16.5. The number of phenols is 2. The molecule has 13 atom stereocenters. The van der Waals surface area contributed by atoms with Crippen LogP contribution in [0.4, 0.5) is 0 Å². The highest BCUT2D eigenvalue weighted by Gasteiger charge is 2.69. The predicted octanol–water partition coefficient (Wildman–Crippen LogP) is 5.69. The molecule has 68 heavy (non-hydrogen) atoms. The topological polar surface area (TPSA) is 237 Å². The van der Waals surface area contributed by atoms with Crippen LogP contribution in [0.25, 0.3) is 0 Å². The molecule has 15 heteroatoms. The summed E-state index contributed by atoms with van der Waals surface area (Å²) in [5.74, 6) is -0.449. The summed E-state index contributed by atoms with van der Waals surface area (Å²) in [5, 5.41) is 76.6. The zero-order chi connectivity index (χ0) is 47.7. The van der Waals surface area contributed by atoms with Gasteiger partial charge in [0.15, 0.2) is 23.0 Å². The Morgan fingerprint density at radius 1 is 0.985 bits per heavy atom. The molecule has 11 N–H and O–H groups in total. The standard InChI is InChI=1S/C53H74N4O11/c1-30-27-52(18-3-4-19-52)53(38(12-13-39(53)51(63)64)33-16-20-55-47(54)25-33)46(57-30)28-66-45-24-34(23-44(65-2)49(45)62)50-37(17-21-58)42(60)26-35(68-50)11-8-31-9-15-41(59)43(22-31)67-29-56-40-14-10-32-6-5-7-36(32)48(40)61/h9,12-13,15-16,22-25,30,32,35-40,42,46,48,50,55-62H,3-8,10-11,14,17-21,26-29,54H2,1-2H3,(H,63,64). The van der Waals surface area contributed by atoms with Crippen LogP contribution in [0.3, 0.4) is 0 Å². The number of nitrogens with two attached hydrogens (primary N) is 1. The first kappa shape index (κ1) is 48.5.